The van der Waals surface area contributed by atoms with Crippen molar-refractivity contribution in [1.82, 2.24) is 4.57 Å². The quantitative estimate of drug-likeness (QED) is 0.705. The lowest BCUT2D eigenvalue weighted by molar-refractivity contribution is 0.0697. The van der Waals surface area contributed by atoms with Gasteiger partial charge in [0.1, 0.15) is 0 Å². The zero-order valence-corrected chi connectivity index (χ0v) is 13.6. The fraction of sp³-hybridized carbons (Fsp3) is 0.0556. The number of aromatic carboxylic acids is 1. The van der Waals surface area contributed by atoms with Gasteiger partial charge in [0, 0.05) is 34.5 Å². The molecule has 0 bridgehead atoms. The first-order valence-electron chi connectivity index (χ1n) is 6.97. The first kappa shape index (κ1) is 15.7. The second kappa shape index (κ2) is 6.49. The van der Waals surface area contributed by atoms with Crippen LogP contribution in [0.3, 0.4) is 0 Å². The zero-order valence-electron chi connectivity index (χ0n) is 12.0. The molecule has 0 radical (unpaired) electrons. The number of benzene rings is 2. The molecular weight excluding hydrogens is 333 g/mol. The second-order valence-electron chi connectivity index (χ2n) is 5.16. The molecule has 1 heterocycles. The van der Waals surface area contributed by atoms with Crippen molar-refractivity contribution in [3.8, 4) is 11.1 Å². The van der Waals surface area contributed by atoms with Crippen LogP contribution in [0.5, 0.6) is 0 Å². The number of carboxylic acid groups (broad SMARTS) is 1. The summed E-state index contributed by atoms with van der Waals surface area (Å²) >= 11 is 12.1. The number of carbonyl (C=O) groups is 1. The molecule has 0 amide bonds. The zero-order chi connectivity index (χ0) is 16.4. The van der Waals surface area contributed by atoms with Gasteiger partial charge in [-0.2, -0.15) is 0 Å². The topological polar surface area (TPSA) is 42.2 Å². The molecule has 0 spiro atoms. The molecule has 2 aromatic carbocycles. The maximum Gasteiger partial charge on any atom is 0.337 e. The van der Waals surface area contributed by atoms with Gasteiger partial charge in [-0.3, -0.25) is 0 Å². The molecule has 0 fully saturated rings. The first-order valence-corrected chi connectivity index (χ1v) is 7.72. The van der Waals surface area contributed by atoms with Crippen LogP contribution < -0.4 is 0 Å². The third-order valence-electron chi connectivity index (χ3n) is 3.58. The largest absolute Gasteiger partial charge is 0.478 e. The number of aromatic nitrogens is 1. The van der Waals surface area contributed by atoms with Crippen LogP contribution in [-0.2, 0) is 6.54 Å². The van der Waals surface area contributed by atoms with Gasteiger partial charge in [0.2, 0.25) is 0 Å². The summed E-state index contributed by atoms with van der Waals surface area (Å²) in [5.41, 5.74) is 2.65. The Bertz CT molecular complexity index is 854. The third-order valence-corrected chi connectivity index (χ3v) is 4.20. The van der Waals surface area contributed by atoms with Gasteiger partial charge in [0.25, 0.3) is 0 Å². The van der Waals surface area contributed by atoms with Gasteiger partial charge in [-0.15, -0.1) is 0 Å². The third kappa shape index (κ3) is 3.41. The molecule has 3 nitrogen and oxygen atoms in total. The van der Waals surface area contributed by atoms with Crippen molar-refractivity contribution >= 4 is 29.2 Å². The van der Waals surface area contributed by atoms with Gasteiger partial charge >= 0.3 is 5.97 Å². The maximum atomic E-state index is 11.5. The lowest BCUT2D eigenvalue weighted by Gasteiger charge is -2.05. The van der Waals surface area contributed by atoms with Gasteiger partial charge in [0.05, 0.1) is 5.56 Å². The average Bonchev–Trinajstić information content (AvgIpc) is 2.94. The smallest absolute Gasteiger partial charge is 0.337 e. The number of hydrogen-bond donors (Lipinski definition) is 1. The fourth-order valence-corrected chi connectivity index (χ4v) is 2.77. The Morgan fingerprint density at radius 1 is 1.00 bits per heavy atom. The van der Waals surface area contributed by atoms with E-state index in [1.54, 1.807) is 18.3 Å². The van der Waals surface area contributed by atoms with Crippen molar-refractivity contribution in [2.24, 2.45) is 0 Å². The van der Waals surface area contributed by atoms with Crippen LogP contribution in [0.4, 0.5) is 0 Å². The Kier molecular flexibility index (Phi) is 4.42. The van der Waals surface area contributed by atoms with E-state index < -0.39 is 5.97 Å². The van der Waals surface area contributed by atoms with Crippen LogP contribution in [0.1, 0.15) is 15.9 Å². The van der Waals surface area contributed by atoms with E-state index >= 15 is 0 Å². The molecule has 116 valence electrons. The molecule has 3 rings (SSSR count). The van der Waals surface area contributed by atoms with Crippen LogP contribution >= 0.6 is 23.2 Å². The molecule has 3 aromatic rings. The number of hydrogen-bond acceptors (Lipinski definition) is 1. The van der Waals surface area contributed by atoms with Gasteiger partial charge in [0.15, 0.2) is 0 Å². The van der Waals surface area contributed by atoms with Gasteiger partial charge < -0.3 is 9.67 Å². The Morgan fingerprint density at radius 3 is 2.35 bits per heavy atom. The standard InChI is InChI=1S/C18H13Cl2NO2/c19-14-7-5-12(6-8-14)15-10-21(11-16(15)18(22)23)9-13-3-1-2-4-17(13)20/h1-8,10-11H,9H2,(H,22,23). The maximum absolute atomic E-state index is 11.5. The Morgan fingerprint density at radius 2 is 1.70 bits per heavy atom. The minimum Gasteiger partial charge on any atom is -0.478 e. The van der Waals surface area contributed by atoms with Crippen molar-refractivity contribution in [1.29, 1.82) is 0 Å². The average molecular weight is 346 g/mol. The number of carboxylic acids is 1. The molecular formula is C18H13Cl2NO2. The van der Waals surface area contributed by atoms with Gasteiger partial charge in [-0.05, 0) is 29.3 Å². The Labute approximate surface area is 143 Å². The van der Waals surface area contributed by atoms with Crippen LogP contribution in [0.15, 0.2) is 60.9 Å². The van der Waals surface area contributed by atoms with Crippen LogP contribution in [0.25, 0.3) is 11.1 Å². The van der Waals surface area contributed by atoms with E-state index in [0.29, 0.717) is 22.2 Å². The van der Waals surface area contributed by atoms with Crippen LogP contribution in [0.2, 0.25) is 10.0 Å². The summed E-state index contributed by atoms with van der Waals surface area (Å²) < 4.78 is 1.83. The molecule has 0 aliphatic carbocycles. The predicted octanol–water partition coefficient (Wildman–Crippen LogP) is 5.21. The number of nitrogens with zero attached hydrogens (tertiary/aromatic N) is 1. The minimum atomic E-state index is -0.965. The highest BCUT2D eigenvalue weighted by molar-refractivity contribution is 6.31. The molecule has 5 heteroatoms. The minimum absolute atomic E-state index is 0.249. The highest BCUT2D eigenvalue weighted by Crippen LogP contribution is 2.27. The van der Waals surface area contributed by atoms with E-state index in [-0.39, 0.29) is 5.56 Å². The van der Waals surface area contributed by atoms with Gasteiger partial charge in [-0.1, -0.05) is 53.5 Å². The van der Waals surface area contributed by atoms with E-state index in [1.165, 1.54) is 0 Å². The van der Waals surface area contributed by atoms with E-state index in [1.807, 2.05) is 47.2 Å². The lowest BCUT2D eigenvalue weighted by Crippen LogP contribution is -1.98. The van der Waals surface area contributed by atoms with E-state index in [0.717, 1.165) is 11.1 Å². The van der Waals surface area contributed by atoms with Crippen molar-refractivity contribution in [2.45, 2.75) is 6.54 Å². The monoisotopic (exact) mass is 345 g/mol. The number of rotatable bonds is 4. The molecule has 23 heavy (non-hydrogen) atoms. The summed E-state index contributed by atoms with van der Waals surface area (Å²) in [6.07, 6.45) is 3.44. The molecule has 0 aliphatic heterocycles. The predicted molar refractivity (Wildman–Crippen MR) is 92.4 cm³/mol. The first-order chi connectivity index (χ1) is 11.0. The summed E-state index contributed by atoms with van der Waals surface area (Å²) in [6.45, 7) is 0.507. The molecule has 1 aromatic heterocycles. The van der Waals surface area contributed by atoms with E-state index in [2.05, 4.69) is 0 Å². The van der Waals surface area contributed by atoms with Crippen molar-refractivity contribution in [2.75, 3.05) is 0 Å². The van der Waals surface area contributed by atoms with Crippen LogP contribution in [-0.4, -0.2) is 15.6 Å². The van der Waals surface area contributed by atoms with E-state index in [4.69, 9.17) is 23.2 Å². The van der Waals surface area contributed by atoms with Crippen molar-refractivity contribution in [3.05, 3.63) is 82.1 Å². The molecule has 0 aliphatic rings. The molecule has 0 atom stereocenters. The highest BCUT2D eigenvalue weighted by atomic mass is 35.5. The second-order valence-corrected chi connectivity index (χ2v) is 6.00. The summed E-state index contributed by atoms with van der Waals surface area (Å²) in [7, 11) is 0. The van der Waals surface area contributed by atoms with Crippen molar-refractivity contribution in [3.63, 3.8) is 0 Å². The summed E-state index contributed by atoms with van der Waals surface area (Å²) in [5.74, 6) is -0.965. The SMILES string of the molecule is O=C(O)c1cn(Cc2ccccc2Cl)cc1-c1ccc(Cl)cc1. The molecule has 0 saturated heterocycles. The Balaban J connectivity index is 2.01. The molecule has 0 saturated carbocycles. The summed E-state index contributed by atoms with van der Waals surface area (Å²) in [6, 6.07) is 14.6. The highest BCUT2D eigenvalue weighted by Gasteiger charge is 2.15. The van der Waals surface area contributed by atoms with Gasteiger partial charge in [-0.25, -0.2) is 4.79 Å². The fourth-order valence-electron chi connectivity index (χ4n) is 2.45. The molecule has 0 unspecified atom stereocenters. The van der Waals surface area contributed by atoms with E-state index in [9.17, 15) is 9.90 Å². The van der Waals surface area contributed by atoms with Crippen molar-refractivity contribution < 1.29 is 9.90 Å². The molecule has 1 N–H and O–H groups in total. The lowest BCUT2D eigenvalue weighted by atomic mass is 10.1. The summed E-state index contributed by atoms with van der Waals surface area (Å²) in [5, 5.41) is 10.7. The number of halogens is 2. The summed E-state index contributed by atoms with van der Waals surface area (Å²) in [4.78, 5) is 11.5. The van der Waals surface area contributed by atoms with Crippen LogP contribution in [0, 0.1) is 0 Å². The Hall–Kier alpha value is -2.23. The normalized spacial score (nSPS) is 10.7.